The summed E-state index contributed by atoms with van der Waals surface area (Å²) in [6.45, 7) is 3.36. The van der Waals surface area contributed by atoms with Crippen LogP contribution in [0.25, 0.3) is 0 Å². The zero-order valence-electron chi connectivity index (χ0n) is 14.0. The smallest absolute Gasteiger partial charge is 0.225 e. The van der Waals surface area contributed by atoms with E-state index >= 15 is 0 Å². The van der Waals surface area contributed by atoms with Crippen LogP contribution in [0.2, 0.25) is 0 Å². The lowest BCUT2D eigenvalue weighted by atomic mass is 9.90. The molecule has 0 unspecified atom stereocenters. The molecule has 4 heterocycles. The number of aromatic nitrogens is 1. The first-order valence-electron chi connectivity index (χ1n) is 8.93. The summed E-state index contributed by atoms with van der Waals surface area (Å²) in [7, 11) is 0. The average Bonchev–Trinajstić information content (AvgIpc) is 2.97. The van der Waals surface area contributed by atoms with Gasteiger partial charge < -0.3 is 19.6 Å². The average molecular weight is 331 g/mol. The van der Waals surface area contributed by atoms with Gasteiger partial charge in [0.15, 0.2) is 0 Å². The number of hydrogen-bond acceptors (Lipinski definition) is 5. The molecule has 0 saturated carbocycles. The number of ether oxygens (including phenoxy) is 1. The van der Waals surface area contributed by atoms with Gasteiger partial charge in [0.2, 0.25) is 5.91 Å². The summed E-state index contributed by atoms with van der Waals surface area (Å²) in [4.78, 5) is 21.7. The maximum atomic E-state index is 12.9. The second kappa shape index (κ2) is 6.33. The third-order valence-corrected chi connectivity index (χ3v) is 5.58. The lowest BCUT2D eigenvalue weighted by molar-refractivity contribution is -0.141. The highest BCUT2D eigenvalue weighted by molar-refractivity contribution is 5.78. The zero-order chi connectivity index (χ0) is 16.6. The molecule has 2 saturated heterocycles. The molecule has 6 nitrogen and oxygen atoms in total. The number of fused-ring (bicyclic) bond motifs is 3. The Balaban J connectivity index is 1.54. The molecule has 1 N–H and O–H groups in total. The fourth-order valence-electron chi connectivity index (χ4n) is 4.17. The number of pyridine rings is 1. The van der Waals surface area contributed by atoms with Crippen molar-refractivity contribution in [1.29, 1.82) is 0 Å². The molecule has 4 rings (SSSR count). The highest BCUT2D eigenvalue weighted by Crippen LogP contribution is 2.33. The second-order valence-corrected chi connectivity index (χ2v) is 7.25. The van der Waals surface area contributed by atoms with Crippen LogP contribution in [0, 0.1) is 0 Å². The van der Waals surface area contributed by atoms with E-state index in [1.807, 2.05) is 11.0 Å². The molecule has 3 aliphatic rings. The lowest BCUT2D eigenvalue weighted by Crippen LogP contribution is -2.45. The molecule has 0 aromatic carbocycles. The molecule has 1 amide bonds. The Kier molecular flexibility index (Phi) is 4.18. The first-order chi connectivity index (χ1) is 11.6. The summed E-state index contributed by atoms with van der Waals surface area (Å²) in [5.41, 5.74) is 1.22. The number of carbonyl (C=O) groups is 1. The minimum Gasteiger partial charge on any atom is -0.389 e. The van der Waals surface area contributed by atoms with Crippen LogP contribution >= 0.6 is 0 Å². The molecule has 1 atom stereocenters. The topological polar surface area (TPSA) is 65.9 Å². The fourth-order valence-corrected chi connectivity index (χ4v) is 4.17. The highest BCUT2D eigenvalue weighted by atomic mass is 16.5. The summed E-state index contributed by atoms with van der Waals surface area (Å²) < 4.78 is 5.31. The first kappa shape index (κ1) is 15.8. The SMILES string of the molecule is O=C(CC1(O)CCOCC1)N1Cc2ncccc2N2CCC[C@H]2C1. The first-order valence-corrected chi connectivity index (χ1v) is 8.93. The third-order valence-electron chi connectivity index (χ3n) is 5.58. The van der Waals surface area contributed by atoms with Gasteiger partial charge in [-0.2, -0.15) is 0 Å². The van der Waals surface area contributed by atoms with Crippen molar-refractivity contribution in [3.05, 3.63) is 24.0 Å². The van der Waals surface area contributed by atoms with Gasteiger partial charge in [-0.15, -0.1) is 0 Å². The number of carbonyl (C=O) groups excluding carboxylic acids is 1. The van der Waals surface area contributed by atoms with Gasteiger partial charge in [0.05, 0.1) is 29.9 Å². The Bertz CT molecular complexity index is 615. The van der Waals surface area contributed by atoms with Gasteiger partial charge in [-0.3, -0.25) is 9.78 Å². The van der Waals surface area contributed by atoms with Crippen LogP contribution in [0.3, 0.4) is 0 Å². The molecular weight excluding hydrogens is 306 g/mol. The van der Waals surface area contributed by atoms with Crippen LogP contribution in [0.1, 0.15) is 37.8 Å². The molecule has 3 aliphatic heterocycles. The molecule has 6 heteroatoms. The summed E-state index contributed by atoms with van der Waals surface area (Å²) >= 11 is 0. The van der Waals surface area contributed by atoms with Gasteiger partial charge >= 0.3 is 0 Å². The van der Waals surface area contributed by atoms with Crippen LogP contribution in [0.5, 0.6) is 0 Å². The Labute approximate surface area is 142 Å². The van der Waals surface area contributed by atoms with Crippen molar-refractivity contribution in [2.45, 2.75) is 50.3 Å². The van der Waals surface area contributed by atoms with E-state index in [9.17, 15) is 9.90 Å². The molecule has 24 heavy (non-hydrogen) atoms. The van der Waals surface area contributed by atoms with E-state index in [0.29, 0.717) is 38.6 Å². The normalized spacial score (nSPS) is 25.8. The summed E-state index contributed by atoms with van der Waals surface area (Å²) in [6.07, 6.45) is 5.32. The van der Waals surface area contributed by atoms with Gasteiger partial charge in [0.25, 0.3) is 0 Å². The number of aliphatic hydroxyl groups is 1. The van der Waals surface area contributed by atoms with Crippen LogP contribution in [0.4, 0.5) is 5.69 Å². The van der Waals surface area contributed by atoms with E-state index in [0.717, 1.165) is 31.6 Å². The predicted molar refractivity (Wildman–Crippen MR) is 89.6 cm³/mol. The highest BCUT2D eigenvalue weighted by Gasteiger charge is 2.37. The molecule has 0 radical (unpaired) electrons. The molecule has 0 bridgehead atoms. The number of rotatable bonds is 2. The van der Waals surface area contributed by atoms with E-state index in [-0.39, 0.29) is 12.3 Å². The minimum absolute atomic E-state index is 0.0322. The van der Waals surface area contributed by atoms with E-state index in [4.69, 9.17) is 4.74 Å². The summed E-state index contributed by atoms with van der Waals surface area (Å²) in [5, 5.41) is 10.7. The van der Waals surface area contributed by atoms with Crippen molar-refractivity contribution in [3.8, 4) is 0 Å². The Hall–Kier alpha value is -1.66. The van der Waals surface area contributed by atoms with Crippen molar-refractivity contribution in [3.63, 3.8) is 0 Å². The van der Waals surface area contributed by atoms with Crippen molar-refractivity contribution in [1.82, 2.24) is 9.88 Å². The van der Waals surface area contributed by atoms with E-state index in [2.05, 4.69) is 16.0 Å². The van der Waals surface area contributed by atoms with Gasteiger partial charge in [-0.1, -0.05) is 0 Å². The number of hydrogen-bond donors (Lipinski definition) is 1. The lowest BCUT2D eigenvalue weighted by Gasteiger charge is -2.34. The molecule has 130 valence electrons. The number of amides is 1. The third kappa shape index (κ3) is 3.00. The van der Waals surface area contributed by atoms with Crippen LogP contribution in [-0.4, -0.2) is 58.8 Å². The van der Waals surface area contributed by atoms with E-state index in [1.165, 1.54) is 5.69 Å². The predicted octanol–water partition coefficient (Wildman–Crippen LogP) is 1.32. The van der Waals surface area contributed by atoms with Crippen LogP contribution in [0.15, 0.2) is 18.3 Å². The van der Waals surface area contributed by atoms with Gasteiger partial charge in [-0.05, 0) is 25.0 Å². The monoisotopic (exact) mass is 331 g/mol. The van der Waals surface area contributed by atoms with Crippen molar-refractivity contribution < 1.29 is 14.6 Å². The largest absolute Gasteiger partial charge is 0.389 e. The Morgan fingerprint density at radius 3 is 3.08 bits per heavy atom. The molecular formula is C18H25N3O3. The fraction of sp³-hybridized carbons (Fsp3) is 0.667. The van der Waals surface area contributed by atoms with E-state index in [1.54, 1.807) is 6.20 Å². The van der Waals surface area contributed by atoms with Crippen molar-refractivity contribution >= 4 is 11.6 Å². The van der Waals surface area contributed by atoms with Crippen LogP contribution in [-0.2, 0) is 16.1 Å². The van der Waals surface area contributed by atoms with Gasteiger partial charge in [0.1, 0.15) is 0 Å². The van der Waals surface area contributed by atoms with Gasteiger partial charge in [-0.25, -0.2) is 0 Å². The molecule has 1 aromatic rings. The zero-order valence-corrected chi connectivity index (χ0v) is 14.0. The number of nitrogens with zero attached hydrogens (tertiary/aromatic N) is 3. The van der Waals surface area contributed by atoms with Crippen LogP contribution < -0.4 is 4.90 Å². The summed E-state index contributed by atoms with van der Waals surface area (Å²) in [5.74, 6) is 0.0322. The number of anilines is 1. The maximum Gasteiger partial charge on any atom is 0.225 e. The Morgan fingerprint density at radius 2 is 2.25 bits per heavy atom. The van der Waals surface area contributed by atoms with E-state index < -0.39 is 5.60 Å². The second-order valence-electron chi connectivity index (χ2n) is 7.25. The maximum absolute atomic E-state index is 12.9. The van der Waals surface area contributed by atoms with Crippen molar-refractivity contribution in [2.24, 2.45) is 0 Å². The minimum atomic E-state index is -0.913. The van der Waals surface area contributed by atoms with Gasteiger partial charge in [0, 0.05) is 51.4 Å². The molecule has 1 aromatic heterocycles. The van der Waals surface area contributed by atoms with Crippen molar-refractivity contribution in [2.75, 3.05) is 31.2 Å². The quantitative estimate of drug-likeness (QED) is 0.885. The molecule has 0 aliphatic carbocycles. The standard InChI is InChI=1S/C18H25N3O3/c22-17(11-18(23)5-9-24-10-6-18)20-12-14-3-2-8-21(14)16-4-1-7-19-15(16)13-20/h1,4,7,14,23H,2-3,5-6,8-13H2/t14-/m0/s1. The molecule has 2 fully saturated rings. The summed E-state index contributed by atoms with van der Waals surface area (Å²) in [6, 6.07) is 4.45. The molecule has 0 spiro atoms. The Morgan fingerprint density at radius 1 is 1.42 bits per heavy atom.